The third kappa shape index (κ3) is 3.71. The van der Waals surface area contributed by atoms with Crippen LogP contribution in [0.5, 0.6) is 0 Å². The van der Waals surface area contributed by atoms with Crippen LogP contribution in [0.4, 0.5) is 9.59 Å². The molecule has 3 N–H and O–H groups in total. The Bertz CT molecular complexity index is 565. The fraction of sp³-hybridized carbons (Fsp3) is 0.357. The van der Waals surface area contributed by atoms with Gasteiger partial charge in [0.05, 0.1) is 5.69 Å². The molecule has 1 aromatic rings. The minimum absolute atomic E-state index is 0.445. The van der Waals surface area contributed by atoms with Crippen LogP contribution in [0.25, 0.3) is 0 Å². The Labute approximate surface area is 122 Å². The minimum atomic E-state index is -1.24. The van der Waals surface area contributed by atoms with Crippen molar-refractivity contribution in [1.82, 2.24) is 20.9 Å². The van der Waals surface area contributed by atoms with Crippen molar-refractivity contribution in [3.8, 4) is 0 Å². The van der Waals surface area contributed by atoms with Gasteiger partial charge in [0, 0.05) is 12.4 Å². The highest BCUT2D eigenvalue weighted by molar-refractivity contribution is 5.79. The van der Waals surface area contributed by atoms with Crippen LogP contribution in [-0.2, 0) is 10.4 Å². The zero-order valence-electron chi connectivity index (χ0n) is 12.1. The molecule has 0 fully saturated rings. The Hall–Kier alpha value is -2.57. The van der Waals surface area contributed by atoms with Gasteiger partial charge in [-0.3, -0.25) is 10.3 Å². The predicted octanol–water partition coefficient (Wildman–Crippen LogP) is 1.59. The summed E-state index contributed by atoms with van der Waals surface area (Å²) < 4.78 is 5.24. The molecule has 2 heterocycles. The van der Waals surface area contributed by atoms with E-state index in [9.17, 15) is 9.59 Å². The first-order chi connectivity index (χ1) is 9.81. The van der Waals surface area contributed by atoms with Crippen molar-refractivity contribution in [2.45, 2.75) is 32.0 Å². The average molecular weight is 290 g/mol. The lowest BCUT2D eigenvalue weighted by Gasteiger charge is -2.35. The van der Waals surface area contributed by atoms with Crippen LogP contribution in [0.2, 0.25) is 0 Å². The molecule has 0 aromatic carbocycles. The number of pyridine rings is 1. The summed E-state index contributed by atoms with van der Waals surface area (Å²) in [5.74, 6) is 0. The maximum atomic E-state index is 12.0. The Kier molecular flexibility index (Phi) is 3.84. The third-order valence-corrected chi connectivity index (χ3v) is 2.63. The molecule has 0 radical (unpaired) electrons. The summed E-state index contributed by atoms with van der Waals surface area (Å²) in [6.45, 7) is 5.28. The summed E-state index contributed by atoms with van der Waals surface area (Å²) in [5.41, 5.74) is -1.41. The van der Waals surface area contributed by atoms with Crippen LogP contribution in [0.15, 0.2) is 36.7 Å². The molecule has 7 nitrogen and oxygen atoms in total. The number of urea groups is 1. The molecular formula is C14H18N4O3. The lowest BCUT2D eigenvalue weighted by Crippen LogP contribution is -2.61. The molecule has 0 spiro atoms. The molecule has 0 aliphatic carbocycles. The number of aromatic nitrogens is 1. The van der Waals surface area contributed by atoms with Crippen LogP contribution >= 0.6 is 0 Å². The molecule has 1 aromatic heterocycles. The van der Waals surface area contributed by atoms with Crippen molar-refractivity contribution in [3.05, 3.63) is 42.4 Å². The van der Waals surface area contributed by atoms with E-state index in [2.05, 4.69) is 20.9 Å². The third-order valence-electron chi connectivity index (χ3n) is 2.63. The van der Waals surface area contributed by atoms with Gasteiger partial charge in [-0.05, 0) is 39.0 Å². The molecule has 1 aliphatic rings. The first-order valence-corrected chi connectivity index (χ1v) is 6.50. The van der Waals surface area contributed by atoms with Crippen molar-refractivity contribution >= 4 is 12.1 Å². The maximum Gasteiger partial charge on any atom is 0.410 e. The van der Waals surface area contributed by atoms with Gasteiger partial charge in [-0.15, -0.1) is 0 Å². The second-order valence-corrected chi connectivity index (χ2v) is 5.58. The molecule has 0 bridgehead atoms. The van der Waals surface area contributed by atoms with Gasteiger partial charge < -0.3 is 15.4 Å². The molecule has 1 unspecified atom stereocenters. The van der Waals surface area contributed by atoms with Crippen molar-refractivity contribution in [2.24, 2.45) is 0 Å². The highest BCUT2D eigenvalue weighted by Gasteiger charge is 2.37. The normalized spacial score (nSPS) is 21.2. The first kappa shape index (κ1) is 14.8. The van der Waals surface area contributed by atoms with Crippen LogP contribution in [0, 0.1) is 0 Å². The van der Waals surface area contributed by atoms with Crippen molar-refractivity contribution in [2.75, 3.05) is 0 Å². The fourth-order valence-corrected chi connectivity index (χ4v) is 1.85. The Morgan fingerprint density at radius 1 is 1.38 bits per heavy atom. The number of alkyl carbamates (subject to hydrolysis) is 1. The average Bonchev–Trinajstić information content (AvgIpc) is 2.37. The summed E-state index contributed by atoms with van der Waals surface area (Å²) in [6.07, 6.45) is 3.97. The van der Waals surface area contributed by atoms with Crippen LogP contribution in [0.1, 0.15) is 26.5 Å². The molecular weight excluding hydrogens is 272 g/mol. The number of carbonyl (C=O) groups is 2. The van der Waals surface area contributed by atoms with E-state index in [1.165, 1.54) is 6.20 Å². The monoisotopic (exact) mass is 290 g/mol. The number of hydrogen-bond acceptors (Lipinski definition) is 4. The number of hydrogen-bond donors (Lipinski definition) is 3. The number of carbonyl (C=O) groups excluding carboxylic acids is 2. The van der Waals surface area contributed by atoms with Gasteiger partial charge in [0.1, 0.15) is 5.60 Å². The molecule has 3 amide bonds. The number of nitrogens with one attached hydrogen (secondary N) is 3. The molecule has 0 saturated carbocycles. The van der Waals surface area contributed by atoms with E-state index in [0.29, 0.717) is 5.69 Å². The van der Waals surface area contributed by atoms with E-state index in [0.717, 1.165) is 0 Å². The quantitative estimate of drug-likeness (QED) is 0.771. The number of rotatable bonds is 2. The molecule has 0 saturated heterocycles. The lowest BCUT2D eigenvalue weighted by molar-refractivity contribution is 0.0460. The van der Waals surface area contributed by atoms with E-state index < -0.39 is 23.4 Å². The Morgan fingerprint density at radius 3 is 2.71 bits per heavy atom. The number of ether oxygens (including phenoxy) is 1. The van der Waals surface area contributed by atoms with Gasteiger partial charge in [0.15, 0.2) is 5.66 Å². The van der Waals surface area contributed by atoms with Gasteiger partial charge in [0.2, 0.25) is 0 Å². The van der Waals surface area contributed by atoms with Gasteiger partial charge >= 0.3 is 12.1 Å². The first-order valence-electron chi connectivity index (χ1n) is 6.50. The van der Waals surface area contributed by atoms with E-state index >= 15 is 0 Å². The second-order valence-electron chi connectivity index (χ2n) is 5.58. The highest BCUT2D eigenvalue weighted by atomic mass is 16.6. The van der Waals surface area contributed by atoms with Crippen molar-refractivity contribution < 1.29 is 14.3 Å². The summed E-state index contributed by atoms with van der Waals surface area (Å²) in [4.78, 5) is 27.9. The Morgan fingerprint density at radius 2 is 2.14 bits per heavy atom. The van der Waals surface area contributed by atoms with E-state index in [1.54, 1.807) is 51.2 Å². The topological polar surface area (TPSA) is 92.3 Å². The molecule has 7 heteroatoms. The fourth-order valence-electron chi connectivity index (χ4n) is 1.85. The minimum Gasteiger partial charge on any atom is -0.444 e. The van der Waals surface area contributed by atoms with Crippen LogP contribution < -0.4 is 16.0 Å². The largest absolute Gasteiger partial charge is 0.444 e. The van der Waals surface area contributed by atoms with Gasteiger partial charge in [-0.1, -0.05) is 6.07 Å². The van der Waals surface area contributed by atoms with Crippen LogP contribution in [-0.4, -0.2) is 22.7 Å². The maximum absolute atomic E-state index is 12.0. The molecule has 1 aliphatic heterocycles. The van der Waals surface area contributed by atoms with E-state index in [1.807, 2.05) is 0 Å². The number of amides is 3. The van der Waals surface area contributed by atoms with Crippen molar-refractivity contribution in [3.63, 3.8) is 0 Å². The van der Waals surface area contributed by atoms with Gasteiger partial charge in [0.25, 0.3) is 0 Å². The zero-order valence-corrected chi connectivity index (χ0v) is 12.1. The standard InChI is InChI=1S/C14H18N4O3/c1-13(2,3)21-12(20)18-14(7-9-16-11(19)17-14)10-6-4-5-8-15-10/h4-9H,1-3H3,(H,18,20)(H2,16,17,19). The van der Waals surface area contributed by atoms with Crippen molar-refractivity contribution in [1.29, 1.82) is 0 Å². The number of nitrogens with zero attached hydrogens (tertiary/aromatic N) is 1. The van der Waals surface area contributed by atoms with E-state index in [-0.39, 0.29) is 0 Å². The highest BCUT2D eigenvalue weighted by Crippen LogP contribution is 2.20. The molecule has 2 rings (SSSR count). The molecule has 112 valence electrons. The summed E-state index contributed by atoms with van der Waals surface area (Å²) >= 11 is 0. The lowest BCUT2D eigenvalue weighted by atomic mass is 10.0. The summed E-state index contributed by atoms with van der Waals surface area (Å²) in [7, 11) is 0. The summed E-state index contributed by atoms with van der Waals surface area (Å²) in [6, 6.07) is 4.77. The second kappa shape index (κ2) is 5.43. The zero-order chi connectivity index (χ0) is 15.5. The summed E-state index contributed by atoms with van der Waals surface area (Å²) in [5, 5.41) is 7.78. The predicted molar refractivity (Wildman–Crippen MR) is 76.1 cm³/mol. The Balaban J connectivity index is 2.30. The van der Waals surface area contributed by atoms with Gasteiger partial charge in [-0.25, -0.2) is 9.59 Å². The molecule has 21 heavy (non-hydrogen) atoms. The molecule has 1 atom stereocenters. The van der Waals surface area contributed by atoms with Gasteiger partial charge in [-0.2, -0.15) is 0 Å². The SMILES string of the molecule is CC(C)(C)OC(=O)NC1(c2ccccn2)C=CNC(=O)N1. The van der Waals surface area contributed by atoms with E-state index in [4.69, 9.17) is 4.74 Å². The van der Waals surface area contributed by atoms with Crippen LogP contribution in [0.3, 0.4) is 0 Å². The smallest absolute Gasteiger partial charge is 0.410 e.